The molecule has 0 unspecified atom stereocenters. The molecule has 0 aliphatic rings. The molecule has 0 aliphatic heterocycles. The summed E-state index contributed by atoms with van der Waals surface area (Å²) in [5.74, 6) is 0.561. The SMILES string of the molecule is CCCC(=O)Nc1cncc(-c2cnc3[nH]nc(-c4nc5c(-c6ccccn6)nccc5[nH]4)c3c2)c1. The Morgan fingerprint density at radius 3 is 2.75 bits per heavy atom. The second-order valence-corrected chi connectivity index (χ2v) is 8.31. The van der Waals surface area contributed by atoms with Gasteiger partial charge < -0.3 is 10.3 Å². The number of pyridine rings is 4. The molecule has 0 aliphatic carbocycles. The average molecular weight is 476 g/mol. The van der Waals surface area contributed by atoms with Gasteiger partial charge in [-0.15, -0.1) is 0 Å². The highest BCUT2D eigenvalue weighted by Crippen LogP contribution is 2.31. The molecular weight excluding hydrogens is 454 g/mol. The first-order chi connectivity index (χ1) is 17.7. The Morgan fingerprint density at radius 2 is 1.89 bits per heavy atom. The lowest BCUT2D eigenvalue weighted by atomic mass is 10.1. The van der Waals surface area contributed by atoms with E-state index in [4.69, 9.17) is 4.98 Å². The second kappa shape index (κ2) is 8.99. The molecular formula is C26H21N9O. The fourth-order valence-corrected chi connectivity index (χ4v) is 4.10. The average Bonchev–Trinajstić information content (AvgIpc) is 3.53. The van der Waals surface area contributed by atoms with Crippen LogP contribution >= 0.6 is 0 Å². The zero-order chi connectivity index (χ0) is 24.5. The molecule has 0 spiro atoms. The summed E-state index contributed by atoms with van der Waals surface area (Å²) in [7, 11) is 0. The minimum atomic E-state index is -0.0356. The molecule has 1 amide bonds. The van der Waals surface area contributed by atoms with Gasteiger partial charge in [0.2, 0.25) is 5.91 Å². The summed E-state index contributed by atoms with van der Waals surface area (Å²) in [5.41, 5.74) is 6.59. The molecule has 0 bridgehead atoms. The van der Waals surface area contributed by atoms with Crippen LogP contribution in [-0.4, -0.2) is 46.0 Å². The molecule has 0 aromatic carbocycles. The van der Waals surface area contributed by atoms with Crippen LogP contribution in [0.1, 0.15) is 19.8 Å². The van der Waals surface area contributed by atoms with E-state index in [2.05, 4.69) is 40.4 Å². The first kappa shape index (κ1) is 21.5. The highest BCUT2D eigenvalue weighted by Gasteiger charge is 2.17. The van der Waals surface area contributed by atoms with Crippen molar-refractivity contribution in [2.75, 3.05) is 5.32 Å². The van der Waals surface area contributed by atoms with E-state index in [0.717, 1.165) is 34.1 Å². The van der Waals surface area contributed by atoms with E-state index in [9.17, 15) is 4.79 Å². The third-order valence-electron chi connectivity index (χ3n) is 5.78. The number of amides is 1. The van der Waals surface area contributed by atoms with Crippen LogP contribution in [0.2, 0.25) is 0 Å². The first-order valence-corrected chi connectivity index (χ1v) is 11.6. The van der Waals surface area contributed by atoms with Crippen LogP contribution in [0.25, 0.3) is 56.1 Å². The number of H-pyrrole nitrogens is 2. The van der Waals surface area contributed by atoms with Crippen molar-refractivity contribution in [3.8, 4) is 34.0 Å². The third-order valence-corrected chi connectivity index (χ3v) is 5.78. The van der Waals surface area contributed by atoms with Gasteiger partial charge in [0.15, 0.2) is 11.5 Å². The van der Waals surface area contributed by atoms with Crippen LogP contribution in [0.5, 0.6) is 0 Å². The monoisotopic (exact) mass is 475 g/mol. The second-order valence-electron chi connectivity index (χ2n) is 8.31. The summed E-state index contributed by atoms with van der Waals surface area (Å²) < 4.78 is 0. The predicted molar refractivity (Wildman–Crippen MR) is 137 cm³/mol. The summed E-state index contributed by atoms with van der Waals surface area (Å²) in [6.07, 6.45) is 9.83. The van der Waals surface area contributed by atoms with E-state index in [1.165, 1.54) is 0 Å². The largest absolute Gasteiger partial charge is 0.336 e. The Hall–Kier alpha value is -4.99. The van der Waals surface area contributed by atoms with Gasteiger partial charge in [-0.2, -0.15) is 5.10 Å². The molecule has 10 heteroatoms. The van der Waals surface area contributed by atoms with Gasteiger partial charge in [0.05, 0.1) is 28.5 Å². The van der Waals surface area contributed by atoms with E-state index in [-0.39, 0.29) is 5.91 Å². The lowest BCUT2D eigenvalue weighted by molar-refractivity contribution is -0.116. The molecule has 36 heavy (non-hydrogen) atoms. The van der Waals surface area contributed by atoms with Crippen molar-refractivity contribution in [2.45, 2.75) is 19.8 Å². The molecule has 0 fully saturated rings. The molecule has 0 saturated carbocycles. The Bertz CT molecular complexity index is 1710. The van der Waals surface area contributed by atoms with Gasteiger partial charge in [-0.25, -0.2) is 9.97 Å². The van der Waals surface area contributed by atoms with E-state index in [0.29, 0.717) is 40.5 Å². The highest BCUT2D eigenvalue weighted by atomic mass is 16.1. The van der Waals surface area contributed by atoms with Gasteiger partial charge in [-0.3, -0.25) is 24.8 Å². The zero-order valence-electron chi connectivity index (χ0n) is 19.4. The number of aromatic amines is 2. The number of carbonyl (C=O) groups excluding carboxylic acids is 1. The lowest BCUT2D eigenvalue weighted by Gasteiger charge is -2.07. The summed E-state index contributed by atoms with van der Waals surface area (Å²) >= 11 is 0. The number of hydrogen-bond donors (Lipinski definition) is 3. The highest BCUT2D eigenvalue weighted by molar-refractivity contribution is 5.96. The predicted octanol–water partition coefficient (Wildman–Crippen LogP) is 4.76. The molecule has 10 nitrogen and oxygen atoms in total. The maximum atomic E-state index is 12.0. The number of carbonyl (C=O) groups is 1. The smallest absolute Gasteiger partial charge is 0.224 e. The van der Waals surface area contributed by atoms with Crippen molar-refractivity contribution in [2.24, 2.45) is 0 Å². The number of imidazole rings is 1. The van der Waals surface area contributed by atoms with E-state index in [1.807, 2.05) is 43.3 Å². The number of hydrogen-bond acceptors (Lipinski definition) is 7. The number of nitrogens with one attached hydrogen (secondary N) is 3. The molecule has 6 heterocycles. The zero-order valence-corrected chi connectivity index (χ0v) is 19.4. The number of anilines is 1. The van der Waals surface area contributed by atoms with Crippen molar-refractivity contribution < 1.29 is 4.79 Å². The topological polar surface area (TPSA) is 138 Å². The number of rotatable bonds is 6. The third kappa shape index (κ3) is 3.94. The Kier molecular flexibility index (Phi) is 5.38. The molecule has 176 valence electrons. The Morgan fingerprint density at radius 1 is 0.972 bits per heavy atom. The minimum Gasteiger partial charge on any atom is -0.336 e. The molecule has 6 aromatic heterocycles. The quantitative estimate of drug-likeness (QED) is 0.316. The minimum absolute atomic E-state index is 0.0356. The Labute approximate surface area is 205 Å². The van der Waals surface area contributed by atoms with Gasteiger partial charge in [0.1, 0.15) is 16.9 Å². The first-order valence-electron chi connectivity index (χ1n) is 11.6. The van der Waals surface area contributed by atoms with E-state index < -0.39 is 0 Å². The van der Waals surface area contributed by atoms with Crippen molar-refractivity contribution >= 4 is 33.7 Å². The van der Waals surface area contributed by atoms with Crippen LogP contribution in [0.3, 0.4) is 0 Å². The van der Waals surface area contributed by atoms with Crippen LogP contribution in [0, 0.1) is 0 Å². The van der Waals surface area contributed by atoms with Crippen molar-refractivity contribution in [1.82, 2.24) is 40.1 Å². The number of aromatic nitrogens is 8. The standard InChI is InChI=1S/C26H21N9O/c1-2-5-21(36)31-17-10-15(12-27-14-17)16-11-18-22(34-35-25(18)30-13-16)26-32-20-7-9-29-23(24(20)33-26)19-6-3-4-8-28-19/h3-4,6-14H,2,5H2,1H3,(H,31,36)(H,32,33)(H,30,34,35). The van der Waals surface area contributed by atoms with E-state index in [1.54, 1.807) is 31.0 Å². The molecule has 6 rings (SSSR count). The van der Waals surface area contributed by atoms with Crippen LogP contribution in [0.4, 0.5) is 5.69 Å². The van der Waals surface area contributed by atoms with Crippen LogP contribution < -0.4 is 5.32 Å². The van der Waals surface area contributed by atoms with Gasteiger partial charge in [0.25, 0.3) is 0 Å². The Balaban J connectivity index is 1.40. The van der Waals surface area contributed by atoms with Crippen LogP contribution in [0.15, 0.2) is 67.4 Å². The fraction of sp³-hybridized carbons (Fsp3) is 0.115. The molecule has 3 N–H and O–H groups in total. The normalized spacial score (nSPS) is 11.2. The maximum Gasteiger partial charge on any atom is 0.224 e. The summed E-state index contributed by atoms with van der Waals surface area (Å²) in [6.45, 7) is 1.97. The molecule has 0 radical (unpaired) electrons. The lowest BCUT2D eigenvalue weighted by Crippen LogP contribution is -2.10. The number of fused-ring (bicyclic) bond motifs is 2. The summed E-state index contributed by atoms with van der Waals surface area (Å²) in [5, 5.41) is 11.2. The fourth-order valence-electron chi connectivity index (χ4n) is 4.10. The van der Waals surface area contributed by atoms with Crippen molar-refractivity contribution in [1.29, 1.82) is 0 Å². The molecule has 0 saturated heterocycles. The number of nitrogens with zero attached hydrogens (tertiary/aromatic N) is 6. The van der Waals surface area contributed by atoms with Gasteiger partial charge >= 0.3 is 0 Å². The van der Waals surface area contributed by atoms with Crippen LogP contribution in [-0.2, 0) is 4.79 Å². The molecule has 0 atom stereocenters. The summed E-state index contributed by atoms with van der Waals surface area (Å²) in [4.78, 5) is 37.9. The summed E-state index contributed by atoms with van der Waals surface area (Å²) in [6, 6.07) is 11.4. The van der Waals surface area contributed by atoms with Crippen molar-refractivity contribution in [3.63, 3.8) is 0 Å². The van der Waals surface area contributed by atoms with Gasteiger partial charge in [0, 0.05) is 42.3 Å². The van der Waals surface area contributed by atoms with Crippen molar-refractivity contribution in [3.05, 3.63) is 67.4 Å². The maximum absolute atomic E-state index is 12.0. The van der Waals surface area contributed by atoms with Gasteiger partial charge in [-0.05, 0) is 36.8 Å². The molecule has 6 aromatic rings. The van der Waals surface area contributed by atoms with Gasteiger partial charge in [-0.1, -0.05) is 13.0 Å². The van der Waals surface area contributed by atoms with E-state index >= 15 is 0 Å².